The number of nitrogens with zero attached hydrogens (tertiary/aromatic N) is 1. The smallest absolute Gasteiger partial charge is 0.324 e. The predicted molar refractivity (Wildman–Crippen MR) is 66.6 cm³/mol. The largest absolute Gasteiger partial charge is 0.491 e. The Labute approximate surface area is 110 Å². The Bertz CT molecular complexity index is 464. The van der Waals surface area contributed by atoms with Crippen molar-refractivity contribution in [3.05, 3.63) is 29.8 Å². The summed E-state index contributed by atoms with van der Waals surface area (Å²) in [4.78, 5) is 24.4. The summed E-state index contributed by atoms with van der Waals surface area (Å²) in [6, 6.07) is 7.07. The van der Waals surface area contributed by atoms with Gasteiger partial charge >= 0.3 is 6.03 Å². The fourth-order valence-electron chi connectivity index (χ4n) is 1.73. The minimum atomic E-state index is -0.500. The van der Waals surface area contributed by atoms with Crippen molar-refractivity contribution in [2.75, 3.05) is 19.0 Å². The summed E-state index contributed by atoms with van der Waals surface area (Å²) in [6.45, 7) is 1.24. The van der Waals surface area contributed by atoms with Gasteiger partial charge in [-0.05, 0) is 6.07 Å². The number of ether oxygens (including phenoxy) is 1. The number of hydrogen-bond acceptors (Lipinski definition) is 3. The van der Waals surface area contributed by atoms with Gasteiger partial charge in [0.05, 0.1) is 13.1 Å². The Kier molecular flexibility index (Phi) is 4.04. The Morgan fingerprint density at radius 2 is 2.17 bits per heavy atom. The van der Waals surface area contributed by atoms with Crippen LogP contribution in [0.3, 0.4) is 0 Å². The van der Waals surface area contributed by atoms with Crippen LogP contribution in [0.5, 0.6) is 5.75 Å². The van der Waals surface area contributed by atoms with Gasteiger partial charge in [-0.3, -0.25) is 10.1 Å². The van der Waals surface area contributed by atoms with E-state index in [0.29, 0.717) is 19.7 Å². The number of fused-ring (bicyclic) bond motifs is 1. The van der Waals surface area contributed by atoms with Crippen LogP contribution in [0.1, 0.15) is 5.56 Å². The van der Waals surface area contributed by atoms with E-state index in [1.54, 1.807) is 0 Å². The normalized spacial score (nSPS) is 14.2. The highest BCUT2D eigenvalue weighted by Crippen LogP contribution is 2.22. The van der Waals surface area contributed by atoms with Crippen molar-refractivity contribution >= 4 is 23.5 Å². The van der Waals surface area contributed by atoms with Gasteiger partial charge in [0.15, 0.2) is 0 Å². The molecule has 0 bridgehead atoms. The Morgan fingerprint density at radius 1 is 1.39 bits per heavy atom. The van der Waals surface area contributed by atoms with E-state index >= 15 is 0 Å². The molecule has 3 amide bonds. The highest BCUT2D eigenvalue weighted by molar-refractivity contribution is 6.28. The molecule has 6 heteroatoms. The second-order valence-corrected chi connectivity index (χ2v) is 4.13. The average Bonchev–Trinajstić information content (AvgIpc) is 2.60. The molecule has 1 heterocycles. The highest BCUT2D eigenvalue weighted by Gasteiger charge is 2.20. The molecule has 1 aliphatic heterocycles. The number of imide groups is 1. The van der Waals surface area contributed by atoms with E-state index in [9.17, 15) is 9.59 Å². The third-order valence-corrected chi connectivity index (χ3v) is 2.85. The van der Waals surface area contributed by atoms with Crippen LogP contribution in [0.25, 0.3) is 0 Å². The first kappa shape index (κ1) is 12.7. The maximum absolute atomic E-state index is 11.8. The van der Waals surface area contributed by atoms with Gasteiger partial charge in [-0.1, -0.05) is 18.2 Å². The maximum Gasteiger partial charge on any atom is 0.324 e. The summed E-state index contributed by atoms with van der Waals surface area (Å²) >= 11 is 5.34. The van der Waals surface area contributed by atoms with Crippen molar-refractivity contribution in [1.29, 1.82) is 0 Å². The third kappa shape index (κ3) is 2.92. The lowest BCUT2D eigenvalue weighted by molar-refractivity contribution is -0.117. The van der Waals surface area contributed by atoms with Crippen LogP contribution in [0.15, 0.2) is 24.3 Å². The fraction of sp³-hybridized carbons (Fsp3) is 0.333. The molecule has 1 aromatic rings. The van der Waals surface area contributed by atoms with Crippen LogP contribution < -0.4 is 10.1 Å². The number of urea groups is 1. The van der Waals surface area contributed by atoms with Gasteiger partial charge in [-0.25, -0.2) is 4.79 Å². The monoisotopic (exact) mass is 268 g/mol. The molecule has 1 aliphatic rings. The molecule has 0 radical (unpaired) electrons. The van der Waals surface area contributed by atoms with Gasteiger partial charge in [0.1, 0.15) is 18.2 Å². The van der Waals surface area contributed by atoms with E-state index in [1.165, 1.54) is 4.90 Å². The number of alkyl halides is 1. The number of rotatable bonds is 1. The lowest BCUT2D eigenvalue weighted by Gasteiger charge is -2.19. The molecule has 0 aromatic heterocycles. The minimum Gasteiger partial charge on any atom is -0.491 e. The molecule has 0 fully saturated rings. The van der Waals surface area contributed by atoms with E-state index in [1.807, 2.05) is 24.3 Å². The van der Waals surface area contributed by atoms with Gasteiger partial charge in [0.25, 0.3) is 0 Å². The van der Waals surface area contributed by atoms with Gasteiger partial charge in [0.2, 0.25) is 5.91 Å². The summed E-state index contributed by atoms with van der Waals surface area (Å²) in [5.41, 5.74) is 0.920. The Balaban J connectivity index is 2.08. The SMILES string of the molecule is O=C(CCl)NC(=O)N1CCOc2ccccc2C1. The van der Waals surface area contributed by atoms with Crippen LogP contribution in [0, 0.1) is 0 Å². The summed E-state index contributed by atoms with van der Waals surface area (Å²) in [6.07, 6.45) is 0. The highest BCUT2D eigenvalue weighted by atomic mass is 35.5. The first-order valence-corrected chi connectivity index (χ1v) is 6.09. The molecule has 1 N–H and O–H groups in total. The molecule has 0 atom stereocenters. The molecule has 2 rings (SSSR count). The summed E-state index contributed by atoms with van der Waals surface area (Å²) in [5.74, 6) is 0.0451. The van der Waals surface area contributed by atoms with Crippen LogP contribution in [0.2, 0.25) is 0 Å². The number of carbonyl (C=O) groups is 2. The fourth-order valence-corrected chi connectivity index (χ4v) is 1.80. The predicted octanol–water partition coefficient (Wildman–Crippen LogP) is 1.36. The molecule has 0 aliphatic carbocycles. The van der Waals surface area contributed by atoms with Crippen molar-refractivity contribution in [3.8, 4) is 5.75 Å². The summed E-state index contributed by atoms with van der Waals surface area (Å²) in [5, 5.41) is 2.22. The summed E-state index contributed by atoms with van der Waals surface area (Å²) in [7, 11) is 0. The molecule has 5 nitrogen and oxygen atoms in total. The molecular formula is C12H13ClN2O3. The van der Waals surface area contributed by atoms with Crippen molar-refractivity contribution in [3.63, 3.8) is 0 Å². The minimum absolute atomic E-state index is 0.229. The van der Waals surface area contributed by atoms with Crippen LogP contribution in [0.4, 0.5) is 4.79 Å². The Morgan fingerprint density at radius 3 is 2.94 bits per heavy atom. The molecule has 0 unspecified atom stereocenters. The Hall–Kier alpha value is -1.75. The molecular weight excluding hydrogens is 256 g/mol. The van der Waals surface area contributed by atoms with Crippen LogP contribution in [-0.2, 0) is 11.3 Å². The number of halogens is 1. The van der Waals surface area contributed by atoms with E-state index in [-0.39, 0.29) is 5.88 Å². The van der Waals surface area contributed by atoms with Crippen molar-refractivity contribution in [2.45, 2.75) is 6.54 Å². The molecule has 1 aromatic carbocycles. The standard InChI is InChI=1S/C12H13ClN2O3/c13-7-11(16)14-12(17)15-5-6-18-10-4-2-1-3-9(10)8-15/h1-4H,5-8H2,(H,14,16,17). The number of para-hydroxylation sites is 1. The molecule has 0 saturated heterocycles. The van der Waals surface area contributed by atoms with Crippen LogP contribution in [-0.4, -0.2) is 35.9 Å². The quantitative estimate of drug-likeness (QED) is 0.783. The van der Waals surface area contributed by atoms with E-state index in [4.69, 9.17) is 16.3 Å². The van der Waals surface area contributed by atoms with Gasteiger partial charge < -0.3 is 9.64 Å². The lowest BCUT2D eigenvalue weighted by atomic mass is 10.2. The zero-order valence-corrected chi connectivity index (χ0v) is 10.4. The van der Waals surface area contributed by atoms with Crippen molar-refractivity contribution in [2.24, 2.45) is 0 Å². The topological polar surface area (TPSA) is 58.6 Å². The maximum atomic E-state index is 11.8. The summed E-state index contributed by atoms with van der Waals surface area (Å²) < 4.78 is 5.53. The number of amides is 3. The van der Waals surface area contributed by atoms with E-state index in [0.717, 1.165) is 11.3 Å². The second kappa shape index (κ2) is 5.73. The molecule has 0 saturated carbocycles. The lowest BCUT2D eigenvalue weighted by Crippen LogP contribution is -2.43. The third-order valence-electron chi connectivity index (χ3n) is 2.61. The van der Waals surface area contributed by atoms with Gasteiger partial charge in [-0.2, -0.15) is 0 Å². The molecule has 0 spiro atoms. The van der Waals surface area contributed by atoms with Crippen molar-refractivity contribution in [1.82, 2.24) is 10.2 Å². The van der Waals surface area contributed by atoms with Gasteiger partial charge in [0, 0.05) is 5.56 Å². The van der Waals surface area contributed by atoms with Crippen LogP contribution >= 0.6 is 11.6 Å². The molecule has 18 heavy (non-hydrogen) atoms. The first-order valence-electron chi connectivity index (χ1n) is 5.56. The number of hydrogen-bond donors (Lipinski definition) is 1. The average molecular weight is 269 g/mol. The second-order valence-electron chi connectivity index (χ2n) is 3.86. The van der Waals surface area contributed by atoms with Gasteiger partial charge in [-0.15, -0.1) is 11.6 Å². The number of benzene rings is 1. The number of nitrogens with one attached hydrogen (secondary N) is 1. The first-order chi connectivity index (χ1) is 8.70. The number of carbonyl (C=O) groups excluding carboxylic acids is 2. The van der Waals surface area contributed by atoms with E-state index < -0.39 is 11.9 Å². The zero-order chi connectivity index (χ0) is 13.0. The van der Waals surface area contributed by atoms with Crippen molar-refractivity contribution < 1.29 is 14.3 Å². The molecule has 96 valence electrons. The zero-order valence-electron chi connectivity index (χ0n) is 9.69. The van der Waals surface area contributed by atoms with E-state index in [2.05, 4.69) is 5.32 Å².